The Bertz CT molecular complexity index is 843. The van der Waals surface area contributed by atoms with Gasteiger partial charge in [-0.3, -0.25) is 9.10 Å². The van der Waals surface area contributed by atoms with E-state index in [4.69, 9.17) is 0 Å². The Morgan fingerprint density at radius 2 is 1.58 bits per heavy atom. The summed E-state index contributed by atoms with van der Waals surface area (Å²) in [6.07, 6.45) is 1.10. The number of anilines is 2. The van der Waals surface area contributed by atoms with Crippen LogP contribution in [0.25, 0.3) is 0 Å². The van der Waals surface area contributed by atoms with Crippen molar-refractivity contribution >= 4 is 27.3 Å². The predicted octanol–water partition coefficient (Wildman–Crippen LogP) is 3.02. The lowest BCUT2D eigenvalue weighted by atomic mass is 10.1. The van der Waals surface area contributed by atoms with Crippen molar-refractivity contribution in [2.75, 3.05) is 22.4 Å². The van der Waals surface area contributed by atoms with Crippen LogP contribution in [0, 0.1) is 20.8 Å². The van der Waals surface area contributed by atoms with Crippen molar-refractivity contribution in [2.24, 2.45) is 0 Å². The monoisotopic (exact) mass is 346 g/mol. The number of aryl methyl sites for hydroxylation is 3. The molecule has 0 aliphatic carbocycles. The molecule has 2 aromatic rings. The number of hydrogen-bond donors (Lipinski definition) is 1. The molecule has 6 heteroatoms. The Labute approximate surface area is 143 Å². The van der Waals surface area contributed by atoms with Gasteiger partial charge in [-0.05, 0) is 44.5 Å². The van der Waals surface area contributed by atoms with Crippen molar-refractivity contribution in [3.8, 4) is 0 Å². The van der Waals surface area contributed by atoms with E-state index in [9.17, 15) is 13.2 Å². The Balaban J connectivity index is 2.23. The van der Waals surface area contributed by atoms with Crippen LogP contribution in [0.5, 0.6) is 0 Å². The molecule has 2 aromatic carbocycles. The summed E-state index contributed by atoms with van der Waals surface area (Å²) < 4.78 is 25.4. The zero-order valence-corrected chi connectivity index (χ0v) is 15.1. The van der Waals surface area contributed by atoms with Crippen LogP contribution >= 0.6 is 0 Å². The topological polar surface area (TPSA) is 66.5 Å². The SMILES string of the molecule is Cc1ccc(NC(=O)CN(c2ccc(C)cc2C)S(C)(=O)=O)cc1. The second-order valence-corrected chi connectivity index (χ2v) is 7.88. The highest BCUT2D eigenvalue weighted by Crippen LogP contribution is 2.23. The van der Waals surface area contributed by atoms with Gasteiger partial charge in [0.1, 0.15) is 6.54 Å². The third-order valence-electron chi connectivity index (χ3n) is 3.64. The summed E-state index contributed by atoms with van der Waals surface area (Å²) in [6, 6.07) is 12.8. The van der Waals surface area contributed by atoms with Gasteiger partial charge < -0.3 is 5.32 Å². The smallest absolute Gasteiger partial charge is 0.245 e. The molecule has 0 atom stereocenters. The molecule has 128 valence electrons. The van der Waals surface area contributed by atoms with Crippen LogP contribution in [0.3, 0.4) is 0 Å². The molecule has 0 radical (unpaired) electrons. The van der Waals surface area contributed by atoms with E-state index in [1.807, 2.05) is 45.0 Å². The summed E-state index contributed by atoms with van der Waals surface area (Å²) in [6.45, 7) is 5.46. The van der Waals surface area contributed by atoms with Gasteiger partial charge in [-0.25, -0.2) is 8.42 Å². The summed E-state index contributed by atoms with van der Waals surface area (Å²) >= 11 is 0. The molecule has 0 heterocycles. The normalized spacial score (nSPS) is 11.2. The number of hydrogen-bond acceptors (Lipinski definition) is 3. The highest BCUT2D eigenvalue weighted by atomic mass is 32.2. The lowest BCUT2D eigenvalue weighted by Crippen LogP contribution is -2.37. The van der Waals surface area contributed by atoms with Crippen LogP contribution in [0.4, 0.5) is 11.4 Å². The fourth-order valence-electron chi connectivity index (χ4n) is 2.43. The lowest BCUT2D eigenvalue weighted by Gasteiger charge is -2.24. The molecule has 0 fully saturated rings. The van der Waals surface area contributed by atoms with Crippen molar-refractivity contribution in [1.82, 2.24) is 0 Å². The van der Waals surface area contributed by atoms with Crippen LogP contribution in [0.1, 0.15) is 16.7 Å². The predicted molar refractivity (Wildman–Crippen MR) is 97.9 cm³/mol. The van der Waals surface area contributed by atoms with Gasteiger partial charge in [0.25, 0.3) is 0 Å². The van der Waals surface area contributed by atoms with E-state index in [0.717, 1.165) is 27.3 Å². The maximum atomic E-state index is 12.3. The van der Waals surface area contributed by atoms with E-state index in [2.05, 4.69) is 5.32 Å². The molecule has 0 bridgehead atoms. The Kier molecular flexibility index (Phi) is 5.29. The van der Waals surface area contributed by atoms with E-state index in [1.54, 1.807) is 18.2 Å². The summed E-state index contributed by atoms with van der Waals surface area (Å²) in [5, 5.41) is 2.73. The van der Waals surface area contributed by atoms with Gasteiger partial charge in [-0.2, -0.15) is 0 Å². The van der Waals surface area contributed by atoms with Crippen LogP contribution in [-0.4, -0.2) is 27.1 Å². The summed E-state index contributed by atoms with van der Waals surface area (Å²) in [7, 11) is -3.57. The standard InChI is InChI=1S/C18H22N2O3S/c1-13-5-8-16(9-6-13)19-18(21)12-20(24(4,22)23)17-10-7-14(2)11-15(17)3/h5-11H,12H2,1-4H3,(H,19,21). The first-order valence-corrected chi connectivity index (χ1v) is 9.43. The zero-order chi connectivity index (χ0) is 17.9. The Morgan fingerprint density at radius 3 is 2.12 bits per heavy atom. The minimum atomic E-state index is -3.57. The first-order valence-electron chi connectivity index (χ1n) is 7.58. The quantitative estimate of drug-likeness (QED) is 0.905. The van der Waals surface area contributed by atoms with Gasteiger partial charge in [0.15, 0.2) is 0 Å². The van der Waals surface area contributed by atoms with Crippen LogP contribution in [0.15, 0.2) is 42.5 Å². The molecule has 0 spiro atoms. The average Bonchev–Trinajstić information content (AvgIpc) is 2.47. The summed E-state index contributed by atoms with van der Waals surface area (Å²) in [5.74, 6) is -0.385. The first kappa shape index (κ1) is 18.0. The van der Waals surface area contributed by atoms with Gasteiger partial charge in [0, 0.05) is 5.69 Å². The molecule has 2 rings (SSSR count). The van der Waals surface area contributed by atoms with E-state index >= 15 is 0 Å². The summed E-state index contributed by atoms with van der Waals surface area (Å²) in [4.78, 5) is 12.3. The molecule has 0 aliphatic heterocycles. The number of sulfonamides is 1. The number of nitrogens with one attached hydrogen (secondary N) is 1. The highest BCUT2D eigenvalue weighted by molar-refractivity contribution is 7.92. The molecule has 0 saturated carbocycles. The van der Waals surface area contributed by atoms with Crippen molar-refractivity contribution < 1.29 is 13.2 Å². The molecular formula is C18H22N2O3S. The van der Waals surface area contributed by atoms with Crippen LogP contribution in [-0.2, 0) is 14.8 Å². The van der Waals surface area contributed by atoms with Crippen LogP contribution < -0.4 is 9.62 Å². The van der Waals surface area contributed by atoms with Gasteiger partial charge in [-0.1, -0.05) is 35.4 Å². The fourth-order valence-corrected chi connectivity index (χ4v) is 3.35. The fraction of sp³-hybridized carbons (Fsp3) is 0.278. The Morgan fingerprint density at radius 1 is 1.00 bits per heavy atom. The third-order valence-corrected chi connectivity index (χ3v) is 4.77. The van der Waals surface area contributed by atoms with Gasteiger partial charge in [0.2, 0.25) is 15.9 Å². The third kappa shape index (κ3) is 4.58. The maximum Gasteiger partial charge on any atom is 0.245 e. The number of carbonyl (C=O) groups excluding carboxylic acids is 1. The van der Waals surface area contributed by atoms with Gasteiger partial charge in [0.05, 0.1) is 11.9 Å². The minimum absolute atomic E-state index is 0.267. The minimum Gasteiger partial charge on any atom is -0.325 e. The van der Waals surface area contributed by atoms with E-state index in [1.165, 1.54) is 0 Å². The largest absolute Gasteiger partial charge is 0.325 e. The number of rotatable bonds is 5. The molecule has 5 nitrogen and oxygen atoms in total. The summed E-state index contributed by atoms with van der Waals surface area (Å²) in [5.41, 5.74) is 4.08. The zero-order valence-electron chi connectivity index (χ0n) is 14.3. The maximum absolute atomic E-state index is 12.3. The number of benzene rings is 2. The van der Waals surface area contributed by atoms with Crippen molar-refractivity contribution in [3.05, 3.63) is 59.2 Å². The number of amides is 1. The van der Waals surface area contributed by atoms with Crippen molar-refractivity contribution in [2.45, 2.75) is 20.8 Å². The van der Waals surface area contributed by atoms with E-state index in [-0.39, 0.29) is 12.5 Å². The van der Waals surface area contributed by atoms with Crippen molar-refractivity contribution in [1.29, 1.82) is 0 Å². The number of nitrogens with zero attached hydrogens (tertiary/aromatic N) is 1. The molecular weight excluding hydrogens is 324 g/mol. The molecule has 0 unspecified atom stereocenters. The second kappa shape index (κ2) is 7.05. The first-order chi connectivity index (χ1) is 11.2. The van der Waals surface area contributed by atoms with Gasteiger partial charge in [-0.15, -0.1) is 0 Å². The van der Waals surface area contributed by atoms with Gasteiger partial charge >= 0.3 is 0 Å². The van der Waals surface area contributed by atoms with E-state index < -0.39 is 10.0 Å². The molecule has 0 aromatic heterocycles. The van der Waals surface area contributed by atoms with Crippen LogP contribution in [0.2, 0.25) is 0 Å². The lowest BCUT2D eigenvalue weighted by molar-refractivity contribution is -0.114. The van der Waals surface area contributed by atoms with E-state index in [0.29, 0.717) is 11.4 Å². The number of carbonyl (C=O) groups is 1. The molecule has 1 N–H and O–H groups in total. The highest BCUT2D eigenvalue weighted by Gasteiger charge is 2.22. The average molecular weight is 346 g/mol. The molecule has 1 amide bonds. The Hall–Kier alpha value is -2.34. The molecule has 0 aliphatic rings. The second-order valence-electron chi connectivity index (χ2n) is 5.97. The molecule has 24 heavy (non-hydrogen) atoms. The van der Waals surface area contributed by atoms with Crippen molar-refractivity contribution in [3.63, 3.8) is 0 Å². The molecule has 0 saturated heterocycles.